The van der Waals surface area contributed by atoms with E-state index < -0.39 is 0 Å². The number of hydrogen-bond donors (Lipinski definition) is 0. The standard InChI is InChI=1S/C30H36N2/c1-29(2,3)17-15-23-19-21-11-7-9-13-25(21)31-27(23)28-24(16-18-30(4,5)6)20-22-12-8-10-14-26(22)32-28/h7-14,19-20H,15-18H2,1-6H3. The van der Waals surface area contributed by atoms with Crippen molar-refractivity contribution in [3.63, 3.8) is 0 Å². The highest BCUT2D eigenvalue weighted by Crippen LogP contribution is 2.34. The van der Waals surface area contributed by atoms with Crippen LogP contribution in [-0.2, 0) is 12.8 Å². The number of rotatable bonds is 5. The second-order valence-electron chi connectivity index (χ2n) is 11.5. The molecule has 2 aromatic heterocycles. The Morgan fingerprint density at radius 2 is 0.938 bits per heavy atom. The maximum Gasteiger partial charge on any atom is 0.0928 e. The van der Waals surface area contributed by atoms with Crippen molar-refractivity contribution in [1.29, 1.82) is 0 Å². The first-order valence-corrected chi connectivity index (χ1v) is 11.9. The van der Waals surface area contributed by atoms with Crippen LogP contribution in [0.4, 0.5) is 0 Å². The van der Waals surface area contributed by atoms with Crippen molar-refractivity contribution in [1.82, 2.24) is 9.97 Å². The maximum atomic E-state index is 5.20. The molecule has 4 aromatic rings. The second kappa shape index (κ2) is 8.65. The summed E-state index contributed by atoms with van der Waals surface area (Å²) < 4.78 is 0. The lowest BCUT2D eigenvalue weighted by molar-refractivity contribution is 0.377. The molecular formula is C30H36N2. The van der Waals surface area contributed by atoms with Gasteiger partial charge in [-0.1, -0.05) is 77.9 Å². The van der Waals surface area contributed by atoms with Crippen LogP contribution < -0.4 is 0 Å². The van der Waals surface area contributed by atoms with Crippen molar-refractivity contribution in [2.24, 2.45) is 10.8 Å². The summed E-state index contributed by atoms with van der Waals surface area (Å²) in [4.78, 5) is 10.4. The van der Waals surface area contributed by atoms with Gasteiger partial charge in [-0.3, -0.25) is 0 Å². The third kappa shape index (κ3) is 5.35. The predicted octanol–water partition coefficient (Wildman–Crippen LogP) is 8.41. The predicted molar refractivity (Wildman–Crippen MR) is 138 cm³/mol. The minimum atomic E-state index is 0.273. The van der Waals surface area contributed by atoms with Crippen molar-refractivity contribution in [3.8, 4) is 11.4 Å². The summed E-state index contributed by atoms with van der Waals surface area (Å²) in [6, 6.07) is 21.6. The van der Waals surface area contributed by atoms with Crippen LogP contribution in [0.5, 0.6) is 0 Å². The number of para-hydroxylation sites is 2. The molecule has 0 aliphatic rings. The minimum absolute atomic E-state index is 0.273. The Hall–Kier alpha value is -2.74. The highest BCUT2D eigenvalue weighted by molar-refractivity contribution is 5.86. The van der Waals surface area contributed by atoms with Gasteiger partial charge in [-0.05, 0) is 71.9 Å². The number of fused-ring (bicyclic) bond motifs is 2. The van der Waals surface area contributed by atoms with E-state index in [1.54, 1.807) is 0 Å². The van der Waals surface area contributed by atoms with Gasteiger partial charge in [-0.15, -0.1) is 0 Å². The van der Waals surface area contributed by atoms with Gasteiger partial charge in [0.25, 0.3) is 0 Å². The van der Waals surface area contributed by atoms with E-state index in [1.807, 2.05) is 0 Å². The Balaban J connectivity index is 1.91. The highest BCUT2D eigenvalue weighted by Gasteiger charge is 2.20. The van der Waals surface area contributed by atoms with Crippen molar-refractivity contribution < 1.29 is 0 Å². The van der Waals surface area contributed by atoms with Gasteiger partial charge in [-0.25, -0.2) is 9.97 Å². The molecule has 32 heavy (non-hydrogen) atoms. The maximum absolute atomic E-state index is 5.20. The molecule has 166 valence electrons. The first kappa shape index (κ1) is 22.5. The number of aryl methyl sites for hydroxylation is 2. The van der Waals surface area contributed by atoms with Gasteiger partial charge in [0, 0.05) is 10.8 Å². The Kier molecular flexibility index (Phi) is 6.07. The fourth-order valence-electron chi connectivity index (χ4n) is 4.13. The van der Waals surface area contributed by atoms with Crippen LogP contribution in [0, 0.1) is 10.8 Å². The van der Waals surface area contributed by atoms with Crippen LogP contribution in [0.2, 0.25) is 0 Å². The molecule has 0 bridgehead atoms. The van der Waals surface area contributed by atoms with Gasteiger partial charge >= 0.3 is 0 Å². The molecule has 2 heterocycles. The molecule has 0 aliphatic carbocycles. The SMILES string of the molecule is CC(C)(C)CCc1cc2ccccc2nc1-c1nc2ccccc2cc1CCC(C)(C)C. The summed E-state index contributed by atoms with van der Waals surface area (Å²) in [6.07, 6.45) is 4.24. The Labute approximate surface area is 193 Å². The summed E-state index contributed by atoms with van der Waals surface area (Å²) in [5, 5.41) is 2.41. The van der Waals surface area contributed by atoms with E-state index in [0.717, 1.165) is 48.1 Å². The monoisotopic (exact) mass is 424 g/mol. The average Bonchev–Trinajstić information content (AvgIpc) is 2.74. The zero-order valence-corrected chi connectivity index (χ0v) is 20.5. The fraction of sp³-hybridized carbons (Fsp3) is 0.400. The molecule has 2 nitrogen and oxygen atoms in total. The smallest absolute Gasteiger partial charge is 0.0928 e. The largest absolute Gasteiger partial charge is 0.246 e. The molecule has 0 N–H and O–H groups in total. The molecule has 0 saturated carbocycles. The molecule has 0 atom stereocenters. The lowest BCUT2D eigenvalue weighted by atomic mass is 9.86. The van der Waals surface area contributed by atoms with Gasteiger partial charge in [0.05, 0.1) is 22.4 Å². The summed E-state index contributed by atoms with van der Waals surface area (Å²) >= 11 is 0. The summed E-state index contributed by atoms with van der Waals surface area (Å²) in [5.74, 6) is 0. The van der Waals surface area contributed by atoms with Crippen LogP contribution in [-0.4, -0.2) is 9.97 Å². The zero-order chi connectivity index (χ0) is 22.9. The van der Waals surface area contributed by atoms with E-state index >= 15 is 0 Å². The van der Waals surface area contributed by atoms with Crippen molar-refractivity contribution in [2.75, 3.05) is 0 Å². The number of aromatic nitrogens is 2. The van der Waals surface area contributed by atoms with Crippen LogP contribution in [0.3, 0.4) is 0 Å². The fourth-order valence-corrected chi connectivity index (χ4v) is 4.13. The van der Waals surface area contributed by atoms with Crippen LogP contribution >= 0.6 is 0 Å². The zero-order valence-electron chi connectivity index (χ0n) is 20.5. The second-order valence-corrected chi connectivity index (χ2v) is 11.5. The average molecular weight is 425 g/mol. The summed E-state index contributed by atoms with van der Waals surface area (Å²) in [5.41, 5.74) is 7.35. The molecule has 0 radical (unpaired) electrons. The van der Waals surface area contributed by atoms with E-state index in [0.29, 0.717) is 0 Å². The van der Waals surface area contributed by atoms with E-state index in [4.69, 9.17) is 9.97 Å². The van der Waals surface area contributed by atoms with Gasteiger partial charge in [0.2, 0.25) is 0 Å². The molecule has 0 amide bonds. The van der Waals surface area contributed by atoms with Crippen LogP contribution in [0.15, 0.2) is 60.7 Å². The van der Waals surface area contributed by atoms with Crippen molar-refractivity contribution in [2.45, 2.75) is 67.2 Å². The van der Waals surface area contributed by atoms with Crippen LogP contribution in [0.25, 0.3) is 33.2 Å². The lowest BCUT2D eigenvalue weighted by Gasteiger charge is -2.21. The van der Waals surface area contributed by atoms with Gasteiger partial charge in [0.1, 0.15) is 0 Å². The first-order valence-electron chi connectivity index (χ1n) is 11.9. The van der Waals surface area contributed by atoms with E-state index in [1.165, 1.54) is 21.9 Å². The molecule has 4 rings (SSSR count). The molecule has 0 unspecified atom stereocenters. The Morgan fingerprint density at radius 3 is 1.31 bits per heavy atom. The summed E-state index contributed by atoms with van der Waals surface area (Å²) in [7, 11) is 0. The number of pyridine rings is 2. The minimum Gasteiger partial charge on any atom is -0.246 e. The topological polar surface area (TPSA) is 25.8 Å². The third-order valence-electron chi connectivity index (χ3n) is 6.12. The molecular weight excluding hydrogens is 388 g/mol. The van der Waals surface area contributed by atoms with Gasteiger partial charge in [-0.2, -0.15) is 0 Å². The molecule has 0 saturated heterocycles. The molecule has 0 fully saturated rings. The van der Waals surface area contributed by atoms with Crippen molar-refractivity contribution >= 4 is 21.8 Å². The van der Waals surface area contributed by atoms with E-state index in [-0.39, 0.29) is 10.8 Å². The number of benzene rings is 2. The molecule has 0 spiro atoms. The van der Waals surface area contributed by atoms with Gasteiger partial charge in [0.15, 0.2) is 0 Å². The number of hydrogen-bond acceptors (Lipinski definition) is 2. The van der Waals surface area contributed by atoms with Crippen molar-refractivity contribution in [3.05, 3.63) is 71.8 Å². The summed E-state index contributed by atoms with van der Waals surface area (Å²) in [6.45, 7) is 13.9. The number of nitrogens with zero attached hydrogens (tertiary/aromatic N) is 2. The molecule has 2 heteroatoms. The lowest BCUT2D eigenvalue weighted by Crippen LogP contribution is -2.10. The quantitative estimate of drug-likeness (QED) is 0.321. The van der Waals surface area contributed by atoms with Gasteiger partial charge < -0.3 is 0 Å². The Bertz CT molecular complexity index is 1140. The highest BCUT2D eigenvalue weighted by atomic mass is 14.8. The molecule has 0 aliphatic heterocycles. The first-order chi connectivity index (χ1) is 15.1. The molecule has 2 aromatic carbocycles. The van der Waals surface area contributed by atoms with E-state index in [2.05, 4.69) is 102 Å². The van der Waals surface area contributed by atoms with E-state index in [9.17, 15) is 0 Å². The Morgan fingerprint density at radius 1 is 0.562 bits per heavy atom. The third-order valence-corrected chi connectivity index (χ3v) is 6.12. The van der Waals surface area contributed by atoms with Crippen LogP contribution in [0.1, 0.15) is 65.5 Å². The normalized spacial score (nSPS) is 12.6.